The predicted molar refractivity (Wildman–Crippen MR) is 139 cm³/mol. The lowest BCUT2D eigenvalue weighted by Gasteiger charge is -2.27. The molecule has 10 heteroatoms. The first-order valence-corrected chi connectivity index (χ1v) is 13.2. The molecule has 6 rings (SSSR count). The smallest absolute Gasteiger partial charge is 0.228 e. The number of nitrogens with zero attached hydrogens (tertiary/aromatic N) is 5. The van der Waals surface area contributed by atoms with Crippen LogP contribution >= 0.6 is 0 Å². The van der Waals surface area contributed by atoms with E-state index in [0.29, 0.717) is 49.0 Å². The number of nitrogens with one attached hydrogen (secondary N) is 2. The van der Waals surface area contributed by atoms with E-state index in [4.69, 9.17) is 24.2 Å². The van der Waals surface area contributed by atoms with Gasteiger partial charge in [-0.15, -0.1) is 0 Å². The lowest BCUT2D eigenvalue weighted by Crippen LogP contribution is -2.37. The third-order valence-electron chi connectivity index (χ3n) is 7.20. The average Bonchev–Trinajstić information content (AvgIpc) is 3.43. The van der Waals surface area contributed by atoms with Gasteiger partial charge in [0, 0.05) is 48.8 Å². The first-order chi connectivity index (χ1) is 17.8. The van der Waals surface area contributed by atoms with Crippen molar-refractivity contribution in [2.45, 2.75) is 38.0 Å². The summed E-state index contributed by atoms with van der Waals surface area (Å²) in [6, 6.07) is 6.02. The van der Waals surface area contributed by atoms with E-state index in [9.17, 15) is 0 Å². The molecule has 0 unspecified atom stereocenters. The van der Waals surface area contributed by atoms with Gasteiger partial charge in [0.2, 0.25) is 5.95 Å². The molecule has 0 bridgehead atoms. The van der Waals surface area contributed by atoms with Gasteiger partial charge in [0.1, 0.15) is 5.82 Å². The minimum Gasteiger partial charge on any atom is -0.493 e. The molecule has 0 atom stereocenters. The fraction of sp³-hybridized carbons (Fsp3) is 0.577. The number of benzene rings is 1. The van der Waals surface area contributed by atoms with Crippen LogP contribution in [-0.4, -0.2) is 84.7 Å². The first-order valence-electron chi connectivity index (χ1n) is 13.2. The Labute approximate surface area is 211 Å². The molecule has 4 heterocycles. The second-order valence-corrected chi connectivity index (χ2v) is 9.85. The van der Waals surface area contributed by atoms with Crippen LogP contribution in [0.25, 0.3) is 10.9 Å². The third kappa shape index (κ3) is 5.19. The van der Waals surface area contributed by atoms with E-state index in [2.05, 4.69) is 31.4 Å². The van der Waals surface area contributed by atoms with Gasteiger partial charge < -0.3 is 29.3 Å². The zero-order valence-corrected chi connectivity index (χ0v) is 21.0. The van der Waals surface area contributed by atoms with Gasteiger partial charge >= 0.3 is 0 Å². The predicted octanol–water partition coefficient (Wildman–Crippen LogP) is 3.68. The molecule has 1 saturated carbocycles. The van der Waals surface area contributed by atoms with E-state index in [1.54, 1.807) is 7.11 Å². The van der Waals surface area contributed by atoms with Gasteiger partial charge in [-0.1, -0.05) is 0 Å². The number of hydrogen-bond donors (Lipinski definition) is 2. The number of aromatic amines is 1. The van der Waals surface area contributed by atoms with Gasteiger partial charge in [-0.3, -0.25) is 5.10 Å². The van der Waals surface area contributed by atoms with Crippen molar-refractivity contribution in [1.29, 1.82) is 0 Å². The van der Waals surface area contributed by atoms with Crippen LogP contribution in [0, 0.1) is 0 Å². The third-order valence-corrected chi connectivity index (χ3v) is 7.20. The summed E-state index contributed by atoms with van der Waals surface area (Å²) in [6.45, 7) is 6.97. The molecule has 192 valence electrons. The number of ether oxygens (including phenoxy) is 3. The van der Waals surface area contributed by atoms with Crippen LogP contribution < -0.4 is 19.7 Å². The molecule has 10 nitrogen and oxygen atoms in total. The van der Waals surface area contributed by atoms with Crippen molar-refractivity contribution in [3.05, 3.63) is 23.9 Å². The van der Waals surface area contributed by atoms with E-state index < -0.39 is 0 Å². The van der Waals surface area contributed by atoms with Crippen LogP contribution in [0.3, 0.4) is 0 Å². The van der Waals surface area contributed by atoms with Crippen molar-refractivity contribution < 1.29 is 14.2 Å². The monoisotopic (exact) mass is 493 g/mol. The number of fused-ring (bicyclic) bond motifs is 1. The summed E-state index contributed by atoms with van der Waals surface area (Å²) in [5, 5.41) is 11.9. The fourth-order valence-electron chi connectivity index (χ4n) is 5.00. The summed E-state index contributed by atoms with van der Waals surface area (Å²) in [6.07, 6.45) is 6.04. The normalized spacial score (nSPS) is 18.6. The maximum absolute atomic E-state index is 6.19. The Morgan fingerprint density at radius 2 is 1.89 bits per heavy atom. The molecule has 0 amide bonds. The minimum atomic E-state index is 0.601. The summed E-state index contributed by atoms with van der Waals surface area (Å²) in [5.41, 5.74) is 1.98. The molecule has 0 spiro atoms. The Balaban J connectivity index is 1.28. The van der Waals surface area contributed by atoms with Crippen LogP contribution in [0.4, 0.5) is 17.6 Å². The van der Waals surface area contributed by atoms with Crippen molar-refractivity contribution >= 4 is 28.5 Å². The number of anilines is 3. The van der Waals surface area contributed by atoms with E-state index in [1.165, 1.54) is 44.5 Å². The van der Waals surface area contributed by atoms with Crippen LogP contribution in [0.5, 0.6) is 11.5 Å². The Bertz CT molecular complexity index is 1180. The zero-order chi connectivity index (χ0) is 24.3. The van der Waals surface area contributed by atoms with E-state index in [-0.39, 0.29) is 0 Å². The highest BCUT2D eigenvalue weighted by atomic mass is 16.5. The minimum absolute atomic E-state index is 0.601. The molecular weight excluding hydrogens is 458 g/mol. The largest absolute Gasteiger partial charge is 0.493 e. The lowest BCUT2D eigenvalue weighted by atomic mass is 10.2. The van der Waals surface area contributed by atoms with Gasteiger partial charge in [0.05, 0.1) is 32.4 Å². The number of hydrogen-bond acceptors (Lipinski definition) is 9. The molecule has 2 saturated heterocycles. The van der Waals surface area contributed by atoms with Crippen LogP contribution in [0.15, 0.2) is 18.2 Å². The number of likely N-dealkylation sites (tertiary alicyclic amines) is 1. The highest BCUT2D eigenvalue weighted by Gasteiger charge is 2.26. The Kier molecular flexibility index (Phi) is 6.78. The molecule has 2 aromatic heterocycles. The maximum atomic E-state index is 6.19. The number of methoxy groups -OCH3 is 1. The summed E-state index contributed by atoms with van der Waals surface area (Å²) in [7, 11) is 1.67. The molecule has 1 aliphatic carbocycles. The highest BCUT2D eigenvalue weighted by molar-refractivity contribution is 5.94. The number of aromatic nitrogens is 4. The fourth-order valence-corrected chi connectivity index (χ4v) is 5.00. The van der Waals surface area contributed by atoms with Gasteiger partial charge in [-0.2, -0.15) is 10.1 Å². The molecule has 3 aromatic rings. The van der Waals surface area contributed by atoms with E-state index in [1.807, 2.05) is 12.1 Å². The molecule has 2 aliphatic heterocycles. The lowest BCUT2D eigenvalue weighted by molar-refractivity contribution is 0.122. The molecule has 36 heavy (non-hydrogen) atoms. The highest BCUT2D eigenvalue weighted by Crippen LogP contribution is 2.40. The number of H-pyrrole nitrogens is 1. The summed E-state index contributed by atoms with van der Waals surface area (Å²) in [4.78, 5) is 14.5. The summed E-state index contributed by atoms with van der Waals surface area (Å²) < 4.78 is 17.4. The van der Waals surface area contributed by atoms with Crippen molar-refractivity contribution in [1.82, 2.24) is 25.1 Å². The number of rotatable bonds is 10. The Morgan fingerprint density at radius 3 is 2.67 bits per heavy atom. The van der Waals surface area contributed by atoms with Gasteiger partial charge in [-0.25, -0.2) is 4.98 Å². The van der Waals surface area contributed by atoms with Crippen molar-refractivity contribution in [3.63, 3.8) is 0 Å². The molecule has 3 aliphatic rings. The first kappa shape index (κ1) is 23.3. The van der Waals surface area contributed by atoms with Crippen LogP contribution in [0.2, 0.25) is 0 Å². The van der Waals surface area contributed by atoms with E-state index >= 15 is 0 Å². The summed E-state index contributed by atoms with van der Waals surface area (Å²) in [5.74, 6) is 4.12. The molecular formula is C26H35N7O3. The zero-order valence-electron chi connectivity index (χ0n) is 21.0. The van der Waals surface area contributed by atoms with Crippen LogP contribution in [-0.2, 0) is 4.74 Å². The molecule has 3 fully saturated rings. The Morgan fingerprint density at radius 1 is 1.06 bits per heavy atom. The van der Waals surface area contributed by atoms with Gasteiger partial charge in [-0.05, 0) is 51.3 Å². The van der Waals surface area contributed by atoms with Crippen molar-refractivity contribution in [2.24, 2.45) is 0 Å². The maximum Gasteiger partial charge on any atom is 0.228 e. The number of morpholine rings is 1. The van der Waals surface area contributed by atoms with Crippen molar-refractivity contribution in [2.75, 3.05) is 69.9 Å². The average molecular weight is 494 g/mol. The molecule has 1 aromatic carbocycles. The Hall–Kier alpha value is -3.11. The standard InChI is InChI=1S/C26H35N7O3/c1-34-22-15-19-21(16-23(22)36-12-4-9-32-7-2-3-8-32)27-26(33-10-13-35-14-11-33)29-25(19)28-24-17-20(30-31-24)18-5-6-18/h15-18H,2-14H2,1H3,(H2,27,28,29,30,31). The second kappa shape index (κ2) is 10.5. The second-order valence-electron chi connectivity index (χ2n) is 9.85. The molecule has 2 N–H and O–H groups in total. The van der Waals surface area contributed by atoms with E-state index in [0.717, 1.165) is 42.8 Å². The van der Waals surface area contributed by atoms with Crippen LogP contribution in [0.1, 0.15) is 43.7 Å². The quantitative estimate of drug-likeness (QED) is 0.410. The van der Waals surface area contributed by atoms with Gasteiger partial charge in [0.25, 0.3) is 0 Å². The SMILES string of the molecule is COc1cc2c(Nc3cc(C4CC4)[nH]n3)nc(N3CCOCC3)nc2cc1OCCCN1CCCC1. The van der Waals surface area contributed by atoms with Gasteiger partial charge in [0.15, 0.2) is 17.3 Å². The summed E-state index contributed by atoms with van der Waals surface area (Å²) >= 11 is 0. The topological polar surface area (TPSA) is 101 Å². The van der Waals surface area contributed by atoms with Crippen molar-refractivity contribution in [3.8, 4) is 11.5 Å². The molecule has 0 radical (unpaired) electrons.